The largest absolute Gasteiger partial charge is 0.390 e. The molecule has 1 heterocycles. The second-order valence-electron chi connectivity index (χ2n) is 3.30. The molecule has 2 atom stereocenters. The molecule has 16 heavy (non-hydrogen) atoms. The molecule has 0 aromatic carbocycles. The second-order valence-corrected chi connectivity index (χ2v) is 3.30. The zero-order chi connectivity index (χ0) is 11.6. The number of hydrogen-bond donors (Lipinski definition) is 1. The van der Waals surface area contributed by atoms with E-state index in [1.807, 2.05) is 0 Å². The summed E-state index contributed by atoms with van der Waals surface area (Å²) in [7, 11) is 0. The van der Waals surface area contributed by atoms with Gasteiger partial charge >= 0.3 is 0 Å². The van der Waals surface area contributed by atoms with Gasteiger partial charge < -0.3 is 9.84 Å². The molecule has 82 valence electrons. The van der Waals surface area contributed by atoms with Crippen LogP contribution in [0.3, 0.4) is 0 Å². The van der Waals surface area contributed by atoms with Crippen LogP contribution in [0.4, 0.5) is 0 Å². The first-order valence-corrected chi connectivity index (χ1v) is 5.23. The molecule has 0 aliphatic carbocycles. The minimum atomic E-state index is -0.413. The molecule has 0 aromatic rings. The topological polar surface area (TPSA) is 29.5 Å². The highest BCUT2D eigenvalue weighted by molar-refractivity contribution is 5.37. The summed E-state index contributed by atoms with van der Waals surface area (Å²) in [6.07, 6.45) is 4.49. The summed E-state index contributed by atoms with van der Waals surface area (Å²) in [5, 5.41) is 9.57. The van der Waals surface area contributed by atoms with Crippen molar-refractivity contribution in [3.63, 3.8) is 0 Å². The summed E-state index contributed by atoms with van der Waals surface area (Å²) in [4.78, 5) is 0. The van der Waals surface area contributed by atoms with Crippen LogP contribution in [-0.4, -0.2) is 23.9 Å². The Labute approximate surface area is 96.7 Å². The van der Waals surface area contributed by atoms with Crippen LogP contribution >= 0.6 is 0 Å². The van der Waals surface area contributed by atoms with Crippen LogP contribution in [0.5, 0.6) is 0 Å². The van der Waals surface area contributed by atoms with Crippen LogP contribution in [-0.2, 0) is 4.74 Å². The number of allylic oxidation sites excluding steroid dienone is 1. The fourth-order valence-electron chi connectivity index (χ4n) is 1.32. The highest BCUT2D eigenvalue weighted by Gasteiger charge is 2.20. The van der Waals surface area contributed by atoms with Crippen LogP contribution in [0.15, 0.2) is 12.2 Å². The van der Waals surface area contributed by atoms with Crippen molar-refractivity contribution in [2.45, 2.75) is 32.0 Å². The molecule has 1 fully saturated rings. The van der Waals surface area contributed by atoms with Crippen molar-refractivity contribution >= 4 is 0 Å². The van der Waals surface area contributed by atoms with E-state index in [0.717, 1.165) is 12.8 Å². The van der Waals surface area contributed by atoms with Crippen molar-refractivity contribution in [1.29, 1.82) is 0 Å². The number of ether oxygens (including phenoxy) is 1. The van der Waals surface area contributed by atoms with E-state index in [-0.39, 0.29) is 6.10 Å². The summed E-state index contributed by atoms with van der Waals surface area (Å²) in [6.45, 7) is 2.43. The molecule has 0 unspecified atom stereocenters. The summed E-state index contributed by atoms with van der Waals surface area (Å²) in [5.41, 5.74) is 0. The number of aliphatic hydroxyl groups excluding tert-OH is 1. The highest BCUT2D eigenvalue weighted by atomic mass is 16.5. The first-order chi connectivity index (χ1) is 7.84. The third-order valence-corrected chi connectivity index (χ3v) is 2.09. The van der Waals surface area contributed by atoms with E-state index in [4.69, 9.17) is 4.74 Å². The summed E-state index contributed by atoms with van der Waals surface area (Å²) in [6, 6.07) is 0. The molecule has 1 aliphatic heterocycles. The van der Waals surface area contributed by atoms with Crippen LogP contribution in [0.2, 0.25) is 0 Å². The van der Waals surface area contributed by atoms with E-state index in [2.05, 4.69) is 35.5 Å². The van der Waals surface area contributed by atoms with Gasteiger partial charge in [0.2, 0.25) is 0 Å². The first-order valence-electron chi connectivity index (χ1n) is 5.23. The van der Waals surface area contributed by atoms with Crippen molar-refractivity contribution in [2.75, 3.05) is 6.61 Å². The van der Waals surface area contributed by atoms with E-state index >= 15 is 0 Å². The Bertz CT molecular complexity index is 415. The van der Waals surface area contributed by atoms with Gasteiger partial charge in [-0.25, -0.2) is 0 Å². The van der Waals surface area contributed by atoms with Crippen LogP contribution in [0, 0.1) is 35.5 Å². The smallest absolute Gasteiger partial charge is 0.102 e. The molecule has 0 amide bonds. The Morgan fingerprint density at radius 1 is 1.25 bits per heavy atom. The molecule has 1 rings (SSSR count). The molecular weight excluding hydrogens is 200 g/mol. The predicted octanol–water partition coefficient (Wildman–Crippen LogP) is 1.11. The third-order valence-electron chi connectivity index (χ3n) is 2.09. The lowest BCUT2D eigenvalue weighted by atomic mass is 10.1. The van der Waals surface area contributed by atoms with Crippen molar-refractivity contribution in [2.24, 2.45) is 0 Å². The standard InChI is InChI=1S/C14H14O2/c1-2-3-4-5-6-7-8-11-14-13(15)10-9-12-16-14/h8,11,13-15H,9-10,12H2,1H3/b11-8+/t13-,14+/m0/s1. The Balaban J connectivity index is 2.41. The van der Waals surface area contributed by atoms with Crippen molar-refractivity contribution in [3.05, 3.63) is 12.2 Å². The Kier molecular flexibility index (Phi) is 5.90. The quantitative estimate of drug-likeness (QED) is 0.663. The minimum Gasteiger partial charge on any atom is -0.390 e. The van der Waals surface area contributed by atoms with Crippen LogP contribution < -0.4 is 0 Å². The monoisotopic (exact) mass is 214 g/mol. The lowest BCUT2D eigenvalue weighted by Crippen LogP contribution is -2.32. The van der Waals surface area contributed by atoms with Gasteiger partial charge in [0.15, 0.2) is 0 Å². The van der Waals surface area contributed by atoms with Crippen molar-refractivity contribution < 1.29 is 9.84 Å². The molecule has 0 saturated carbocycles. The zero-order valence-corrected chi connectivity index (χ0v) is 9.29. The molecule has 1 aliphatic rings. The van der Waals surface area contributed by atoms with Crippen LogP contribution in [0.25, 0.3) is 0 Å². The normalized spacial score (nSPS) is 23.4. The van der Waals surface area contributed by atoms with Gasteiger partial charge in [-0.15, -0.1) is 0 Å². The highest BCUT2D eigenvalue weighted by Crippen LogP contribution is 2.14. The van der Waals surface area contributed by atoms with Gasteiger partial charge in [0, 0.05) is 6.61 Å². The van der Waals surface area contributed by atoms with Gasteiger partial charge in [0.05, 0.1) is 6.10 Å². The Morgan fingerprint density at radius 3 is 2.81 bits per heavy atom. The Morgan fingerprint density at radius 2 is 2.06 bits per heavy atom. The summed E-state index contributed by atoms with van der Waals surface area (Å²) in [5.74, 6) is 15.8. The van der Waals surface area contributed by atoms with Gasteiger partial charge in [-0.1, -0.05) is 11.8 Å². The van der Waals surface area contributed by atoms with E-state index in [9.17, 15) is 5.11 Å². The van der Waals surface area contributed by atoms with Gasteiger partial charge in [-0.05, 0) is 55.6 Å². The molecule has 0 aromatic heterocycles. The van der Waals surface area contributed by atoms with E-state index in [0.29, 0.717) is 6.61 Å². The molecule has 2 heteroatoms. The molecule has 2 nitrogen and oxygen atoms in total. The lowest BCUT2D eigenvalue weighted by molar-refractivity contribution is -0.0483. The maximum atomic E-state index is 9.57. The second kappa shape index (κ2) is 7.61. The summed E-state index contributed by atoms with van der Waals surface area (Å²) >= 11 is 0. The van der Waals surface area contributed by atoms with E-state index < -0.39 is 6.10 Å². The van der Waals surface area contributed by atoms with E-state index in [1.54, 1.807) is 19.1 Å². The average molecular weight is 214 g/mol. The average Bonchev–Trinajstić information content (AvgIpc) is 2.30. The predicted molar refractivity (Wildman–Crippen MR) is 63.1 cm³/mol. The fourth-order valence-corrected chi connectivity index (χ4v) is 1.32. The molecule has 0 bridgehead atoms. The lowest BCUT2D eigenvalue weighted by Gasteiger charge is -2.25. The van der Waals surface area contributed by atoms with E-state index in [1.165, 1.54) is 0 Å². The minimum absolute atomic E-state index is 0.230. The number of aliphatic hydroxyl groups is 1. The van der Waals surface area contributed by atoms with Crippen molar-refractivity contribution in [3.8, 4) is 35.5 Å². The van der Waals surface area contributed by atoms with Gasteiger partial charge in [0.25, 0.3) is 0 Å². The fraction of sp³-hybridized carbons (Fsp3) is 0.429. The molecule has 0 spiro atoms. The zero-order valence-electron chi connectivity index (χ0n) is 9.29. The summed E-state index contributed by atoms with van der Waals surface area (Å²) < 4.78 is 5.37. The number of hydrogen-bond acceptors (Lipinski definition) is 2. The van der Waals surface area contributed by atoms with Gasteiger partial charge in [0.1, 0.15) is 6.10 Å². The maximum Gasteiger partial charge on any atom is 0.102 e. The molecular formula is C14H14O2. The SMILES string of the molecule is CC#CC#CC#C/C=C/[C@H]1OCCC[C@@H]1O. The Hall–Kier alpha value is -1.66. The molecule has 0 radical (unpaired) electrons. The van der Waals surface area contributed by atoms with Crippen LogP contribution in [0.1, 0.15) is 19.8 Å². The maximum absolute atomic E-state index is 9.57. The third kappa shape index (κ3) is 4.72. The van der Waals surface area contributed by atoms with Crippen molar-refractivity contribution in [1.82, 2.24) is 0 Å². The molecule has 1 saturated heterocycles. The molecule has 1 N–H and O–H groups in total. The first kappa shape index (κ1) is 12.4. The number of rotatable bonds is 1. The van der Waals surface area contributed by atoms with Gasteiger partial charge in [-0.2, -0.15) is 0 Å². The van der Waals surface area contributed by atoms with Gasteiger partial charge in [-0.3, -0.25) is 0 Å².